The maximum atomic E-state index is 12.3. The molecule has 0 atom stereocenters. The summed E-state index contributed by atoms with van der Waals surface area (Å²) in [7, 11) is 0. The average molecular weight is 330 g/mol. The van der Waals surface area contributed by atoms with Crippen molar-refractivity contribution in [2.45, 2.75) is 13.1 Å². The van der Waals surface area contributed by atoms with Gasteiger partial charge in [0.15, 0.2) is 0 Å². The van der Waals surface area contributed by atoms with Gasteiger partial charge in [0.25, 0.3) is 5.91 Å². The van der Waals surface area contributed by atoms with Crippen molar-refractivity contribution in [2.24, 2.45) is 0 Å². The summed E-state index contributed by atoms with van der Waals surface area (Å²) in [6.45, 7) is 1.29. The molecule has 2 aromatic carbocycles. The van der Waals surface area contributed by atoms with E-state index in [0.717, 1.165) is 23.0 Å². The zero-order chi connectivity index (χ0) is 17.1. The van der Waals surface area contributed by atoms with Crippen molar-refractivity contribution in [3.05, 3.63) is 90.1 Å². The van der Waals surface area contributed by atoms with Crippen LogP contribution in [0, 0.1) is 0 Å². The van der Waals surface area contributed by atoms with E-state index in [-0.39, 0.29) is 5.91 Å². The van der Waals surface area contributed by atoms with Crippen molar-refractivity contribution >= 4 is 16.8 Å². The second-order valence-electron chi connectivity index (χ2n) is 6.00. The third kappa shape index (κ3) is 3.45. The van der Waals surface area contributed by atoms with Crippen LogP contribution >= 0.6 is 0 Å². The molecule has 124 valence electrons. The summed E-state index contributed by atoms with van der Waals surface area (Å²) in [5, 5.41) is 3.99. The normalized spacial score (nSPS) is 10.9. The number of benzene rings is 2. The molecule has 0 aliphatic heterocycles. The quantitative estimate of drug-likeness (QED) is 0.589. The van der Waals surface area contributed by atoms with E-state index in [4.69, 9.17) is 0 Å². The highest BCUT2D eigenvalue weighted by Crippen LogP contribution is 2.14. The highest BCUT2D eigenvalue weighted by molar-refractivity contribution is 5.97. The SMILES string of the molecule is O=C(NCc1ccc(Cn2ccnc2)cc1)c1cc2ccccc2[nH]1. The first-order valence-electron chi connectivity index (χ1n) is 8.17. The Labute approximate surface area is 145 Å². The Kier molecular flexibility index (Phi) is 4.04. The molecule has 0 unspecified atom stereocenters. The number of aromatic amines is 1. The molecular formula is C20H18N4O. The van der Waals surface area contributed by atoms with Gasteiger partial charge in [-0.05, 0) is 23.3 Å². The van der Waals surface area contributed by atoms with Crippen molar-refractivity contribution in [2.75, 3.05) is 0 Å². The van der Waals surface area contributed by atoms with Crippen molar-refractivity contribution in [3.63, 3.8) is 0 Å². The van der Waals surface area contributed by atoms with Gasteiger partial charge in [-0.25, -0.2) is 4.98 Å². The van der Waals surface area contributed by atoms with E-state index < -0.39 is 0 Å². The standard InChI is InChI=1S/C20H18N4O/c25-20(19-11-17-3-1-2-4-18(17)23-19)22-12-15-5-7-16(8-6-15)13-24-10-9-21-14-24/h1-11,14,23H,12-13H2,(H,22,25). The molecule has 25 heavy (non-hydrogen) atoms. The zero-order valence-corrected chi connectivity index (χ0v) is 13.6. The van der Waals surface area contributed by atoms with Crippen LogP contribution in [0.25, 0.3) is 10.9 Å². The highest BCUT2D eigenvalue weighted by Gasteiger charge is 2.08. The summed E-state index contributed by atoms with van der Waals surface area (Å²) >= 11 is 0. The van der Waals surface area contributed by atoms with Gasteiger partial charge in [0, 0.05) is 36.4 Å². The van der Waals surface area contributed by atoms with Gasteiger partial charge in [-0.2, -0.15) is 0 Å². The molecule has 0 aliphatic carbocycles. The van der Waals surface area contributed by atoms with Crippen LogP contribution < -0.4 is 5.32 Å². The minimum atomic E-state index is -0.0984. The summed E-state index contributed by atoms with van der Waals surface area (Å²) in [6.07, 6.45) is 5.51. The molecule has 4 rings (SSSR count). The van der Waals surface area contributed by atoms with E-state index in [2.05, 4.69) is 27.4 Å². The lowest BCUT2D eigenvalue weighted by Crippen LogP contribution is -2.23. The molecule has 4 aromatic rings. The number of carbonyl (C=O) groups is 1. The molecule has 0 aliphatic rings. The Morgan fingerprint density at radius 2 is 1.88 bits per heavy atom. The second-order valence-corrected chi connectivity index (χ2v) is 6.00. The van der Waals surface area contributed by atoms with Crippen LogP contribution in [-0.2, 0) is 13.1 Å². The number of para-hydroxylation sites is 1. The molecule has 2 N–H and O–H groups in total. The summed E-state index contributed by atoms with van der Waals surface area (Å²) in [4.78, 5) is 19.5. The van der Waals surface area contributed by atoms with E-state index in [0.29, 0.717) is 12.2 Å². The maximum absolute atomic E-state index is 12.3. The fourth-order valence-electron chi connectivity index (χ4n) is 2.83. The predicted octanol–water partition coefficient (Wildman–Crippen LogP) is 3.34. The van der Waals surface area contributed by atoms with Gasteiger partial charge < -0.3 is 14.9 Å². The minimum Gasteiger partial charge on any atom is -0.351 e. The Balaban J connectivity index is 1.38. The van der Waals surface area contributed by atoms with Crippen molar-refractivity contribution in [3.8, 4) is 0 Å². The van der Waals surface area contributed by atoms with Gasteiger partial charge >= 0.3 is 0 Å². The van der Waals surface area contributed by atoms with Crippen LogP contribution in [-0.4, -0.2) is 20.4 Å². The number of H-pyrrole nitrogens is 1. The molecule has 0 fully saturated rings. The molecular weight excluding hydrogens is 312 g/mol. The first-order valence-corrected chi connectivity index (χ1v) is 8.17. The largest absolute Gasteiger partial charge is 0.351 e. The first kappa shape index (κ1) is 15.2. The summed E-state index contributed by atoms with van der Waals surface area (Å²) in [5.74, 6) is -0.0984. The Morgan fingerprint density at radius 1 is 1.08 bits per heavy atom. The van der Waals surface area contributed by atoms with Crippen LogP contribution in [0.2, 0.25) is 0 Å². The number of hydrogen-bond acceptors (Lipinski definition) is 2. The van der Waals surface area contributed by atoms with Crippen LogP contribution in [0.5, 0.6) is 0 Å². The van der Waals surface area contributed by atoms with Crippen LogP contribution in [0.15, 0.2) is 73.3 Å². The average Bonchev–Trinajstić information content (AvgIpc) is 3.30. The molecule has 1 amide bonds. The summed E-state index contributed by atoms with van der Waals surface area (Å²) in [6, 6.07) is 18.0. The van der Waals surface area contributed by atoms with Crippen molar-refractivity contribution in [1.82, 2.24) is 19.9 Å². The van der Waals surface area contributed by atoms with E-state index in [9.17, 15) is 4.79 Å². The predicted molar refractivity (Wildman–Crippen MR) is 97.2 cm³/mol. The molecule has 0 bridgehead atoms. The van der Waals surface area contributed by atoms with E-state index in [1.54, 1.807) is 12.5 Å². The van der Waals surface area contributed by atoms with Gasteiger partial charge in [-0.15, -0.1) is 0 Å². The van der Waals surface area contributed by atoms with Gasteiger partial charge in [0.2, 0.25) is 0 Å². The molecule has 0 spiro atoms. The van der Waals surface area contributed by atoms with Crippen LogP contribution in [0.1, 0.15) is 21.6 Å². The van der Waals surface area contributed by atoms with Gasteiger partial charge in [-0.1, -0.05) is 42.5 Å². The molecule has 5 heteroatoms. The summed E-state index contributed by atoms with van der Waals surface area (Å²) in [5.41, 5.74) is 3.82. The topological polar surface area (TPSA) is 62.7 Å². The van der Waals surface area contributed by atoms with Crippen LogP contribution in [0.4, 0.5) is 0 Å². The third-order valence-electron chi connectivity index (χ3n) is 4.17. The van der Waals surface area contributed by atoms with E-state index in [1.165, 1.54) is 5.56 Å². The second kappa shape index (κ2) is 6.65. The summed E-state index contributed by atoms with van der Waals surface area (Å²) < 4.78 is 2.02. The number of nitrogens with zero attached hydrogens (tertiary/aromatic N) is 2. The van der Waals surface area contributed by atoms with E-state index in [1.807, 2.05) is 53.2 Å². The number of hydrogen-bond donors (Lipinski definition) is 2. The zero-order valence-electron chi connectivity index (χ0n) is 13.6. The highest BCUT2D eigenvalue weighted by atomic mass is 16.1. The van der Waals surface area contributed by atoms with Gasteiger partial charge in [-0.3, -0.25) is 4.79 Å². The number of carbonyl (C=O) groups excluding carboxylic acids is 1. The Hall–Kier alpha value is -3.34. The molecule has 2 aromatic heterocycles. The van der Waals surface area contributed by atoms with Crippen molar-refractivity contribution < 1.29 is 4.79 Å². The van der Waals surface area contributed by atoms with Crippen molar-refractivity contribution in [1.29, 1.82) is 0 Å². The number of aromatic nitrogens is 3. The van der Waals surface area contributed by atoms with Gasteiger partial charge in [0.05, 0.1) is 6.33 Å². The fourth-order valence-corrected chi connectivity index (χ4v) is 2.83. The molecule has 0 saturated carbocycles. The minimum absolute atomic E-state index is 0.0984. The monoisotopic (exact) mass is 330 g/mol. The number of rotatable bonds is 5. The lowest BCUT2D eigenvalue weighted by Gasteiger charge is -2.06. The van der Waals surface area contributed by atoms with Gasteiger partial charge in [0.1, 0.15) is 5.69 Å². The Bertz CT molecular complexity index is 951. The number of fused-ring (bicyclic) bond motifs is 1. The smallest absolute Gasteiger partial charge is 0.267 e. The lowest BCUT2D eigenvalue weighted by molar-refractivity contribution is 0.0947. The number of imidazole rings is 1. The molecule has 0 saturated heterocycles. The molecule has 2 heterocycles. The molecule has 0 radical (unpaired) electrons. The first-order chi connectivity index (χ1) is 12.3. The lowest BCUT2D eigenvalue weighted by atomic mass is 10.1. The Morgan fingerprint density at radius 3 is 2.64 bits per heavy atom. The number of amides is 1. The number of nitrogens with one attached hydrogen (secondary N) is 2. The third-order valence-corrected chi connectivity index (χ3v) is 4.17. The maximum Gasteiger partial charge on any atom is 0.267 e. The van der Waals surface area contributed by atoms with Crippen LogP contribution in [0.3, 0.4) is 0 Å². The fraction of sp³-hybridized carbons (Fsp3) is 0.100. The van der Waals surface area contributed by atoms with E-state index >= 15 is 0 Å². The molecule has 5 nitrogen and oxygen atoms in total.